The van der Waals surface area contributed by atoms with E-state index in [1.807, 2.05) is 0 Å². The van der Waals surface area contributed by atoms with E-state index in [2.05, 4.69) is 53.8 Å². The summed E-state index contributed by atoms with van der Waals surface area (Å²) in [5, 5.41) is 35.8. The Morgan fingerprint density at radius 2 is 1.33 bits per heavy atom. The van der Waals surface area contributed by atoms with Crippen LogP contribution < -0.4 is 38.2 Å². The Kier molecular flexibility index (Phi) is 16.8. The van der Waals surface area contributed by atoms with Crippen LogP contribution in [0.4, 0.5) is 22.5 Å². The molecule has 0 bridgehead atoms. The molecule has 6 aromatic rings. The number of anilines is 3. The molecule has 3 aliphatic heterocycles. The predicted molar refractivity (Wildman–Crippen MR) is 264 cm³/mol. The number of fused-ring (bicyclic) bond motifs is 3. The average molecular weight is 1230 g/mol. The molecule has 3 aliphatic rings. The molecule has 45 heteroatoms. The van der Waals surface area contributed by atoms with Crippen molar-refractivity contribution in [3.05, 3.63) is 46.0 Å². The van der Waals surface area contributed by atoms with Crippen molar-refractivity contribution in [1.82, 2.24) is 63.8 Å². The van der Waals surface area contributed by atoms with Crippen LogP contribution in [0.1, 0.15) is 18.7 Å². The third-order valence-electron chi connectivity index (χ3n) is 12.6. The summed E-state index contributed by atoms with van der Waals surface area (Å²) < 4.78 is 111. The molecule has 9 rings (SSSR count). The normalized spacial score (nSPS) is 29.0. The molecule has 6 aromatic heterocycles. The molecule has 3 saturated heterocycles. The van der Waals surface area contributed by atoms with E-state index in [1.165, 1.54) is 41.2 Å². The number of carbonyl (C=O) groups is 1. The molecule has 16 N–H and O–H groups in total. The first-order valence-electron chi connectivity index (χ1n) is 23.2. The van der Waals surface area contributed by atoms with Crippen molar-refractivity contribution in [3.8, 4) is 0 Å². The average Bonchev–Trinajstić information content (AvgIpc) is 4.45. The molecule has 0 saturated carbocycles. The fourth-order valence-electron chi connectivity index (χ4n) is 8.99. The quantitative estimate of drug-likeness (QED) is 0.0240. The summed E-state index contributed by atoms with van der Waals surface area (Å²) in [6.45, 7) is -3.69. The van der Waals surface area contributed by atoms with Gasteiger partial charge >= 0.3 is 43.0 Å². The van der Waals surface area contributed by atoms with Crippen molar-refractivity contribution in [2.45, 2.75) is 67.5 Å². The molecule has 0 spiro atoms. The van der Waals surface area contributed by atoms with E-state index in [0.717, 1.165) is 35.6 Å². The van der Waals surface area contributed by atoms with Gasteiger partial charge in [0, 0.05) is 33.7 Å². The summed E-state index contributed by atoms with van der Waals surface area (Å²) in [6.07, 6.45) is -13.4. The molecule has 3 fully saturated rings. The predicted octanol–water partition coefficient (Wildman–Crippen LogP) is -4.18. The zero-order valence-corrected chi connectivity index (χ0v) is 45.7. The zero-order valence-electron chi connectivity index (χ0n) is 42.1. The Balaban J connectivity index is 0.878. The minimum atomic E-state index is -6.24. The molecule has 41 nitrogen and oxygen atoms in total. The number of aromatic amines is 2. The number of aliphatic hydroxyl groups excluding tert-OH is 3. The first-order valence-corrected chi connectivity index (χ1v) is 29.2. The molecule has 16 atom stereocenters. The summed E-state index contributed by atoms with van der Waals surface area (Å²) >= 11 is 0. The number of aromatic nitrogens is 12. The lowest BCUT2D eigenvalue weighted by atomic mass is 9.98. The lowest BCUT2D eigenvalue weighted by Gasteiger charge is -2.26. The van der Waals surface area contributed by atoms with Crippen molar-refractivity contribution in [3.63, 3.8) is 0 Å². The number of aryl methyl sites for hydroxylation is 1. The van der Waals surface area contributed by atoms with E-state index in [0.29, 0.717) is 0 Å². The molecule has 2 amide bonds. The largest absolute Gasteiger partial charge is 0.490 e. The maximum atomic E-state index is 13.8. The second kappa shape index (κ2) is 22.7. The molecule has 9 heterocycles. The van der Waals surface area contributed by atoms with Crippen LogP contribution in [0, 0.1) is 5.92 Å². The number of nitrogen functional groups attached to an aromatic ring is 3. The highest BCUT2D eigenvalue weighted by atomic mass is 31.3. The number of H-pyrrole nitrogens is 2. The van der Waals surface area contributed by atoms with E-state index in [1.54, 1.807) is 0 Å². The van der Waals surface area contributed by atoms with E-state index >= 15 is 0 Å². The highest BCUT2D eigenvalue weighted by Crippen LogP contribution is 2.68. The Hall–Kier alpha value is -5.84. The van der Waals surface area contributed by atoms with Crippen molar-refractivity contribution in [2.75, 3.05) is 64.8 Å². The second-order valence-corrected chi connectivity index (χ2v) is 24.3. The maximum absolute atomic E-state index is 13.8. The van der Waals surface area contributed by atoms with E-state index in [9.17, 15) is 67.5 Å². The standard InChI is InChI=1S/C36H51N17O24P4/c1-49(2)36(59)40-5-13-14(72-31(20(13)54)53-12-50(3)19-28(53)46-35(39)48-30(19)58)6-70-79(62,63)76-81(66,67)77-80(64,65)71-8-16-23(24(68-4)33(74-16)51-10-43-17-25(37)41-9-42-26(17)51)75-78(60,61)69-7-15-21(55)22(56)32(73-15)52-11-44-18-27(52)45-34(38)47-29(18)57/h9-16,20-24,31-33,54-56H,5-8H2,1-4H3,(H12-,37,38,39,40,41,42,45,46,47,48,57,58,59,60,61,62,63,64,65,66,67)/p+1/t13-,14-,15-,16?,20-,21-,22-,23-,24-,31-,32-,33-/m1/s1. The van der Waals surface area contributed by atoms with Crippen LogP contribution in [0.25, 0.3) is 33.5 Å². The van der Waals surface area contributed by atoms with Gasteiger partial charge < -0.3 is 81.3 Å². The number of amides is 2. The van der Waals surface area contributed by atoms with Gasteiger partial charge in [-0.05, 0) is 0 Å². The number of urea groups is 1. The fraction of sp³-hybridized carbons (Fsp3) is 0.556. The molecule has 81 heavy (non-hydrogen) atoms. The van der Waals surface area contributed by atoms with Gasteiger partial charge in [-0.25, -0.2) is 47.6 Å². The van der Waals surface area contributed by atoms with Crippen LogP contribution >= 0.6 is 31.3 Å². The molecular weight excluding hydrogens is 1180 g/mol. The molecule has 0 aromatic carbocycles. The fourth-order valence-corrected chi connectivity index (χ4v) is 13.5. The third-order valence-corrected chi connectivity index (χ3v) is 17.9. The number of imidazole rings is 3. The molecule has 444 valence electrons. The number of rotatable bonds is 21. The van der Waals surface area contributed by atoms with Gasteiger partial charge in [-0.15, -0.1) is 0 Å². The van der Waals surface area contributed by atoms with Crippen LogP contribution in [-0.4, -0.2) is 196 Å². The van der Waals surface area contributed by atoms with Gasteiger partial charge in [0.05, 0.1) is 45.6 Å². The van der Waals surface area contributed by atoms with Crippen LogP contribution in [0.3, 0.4) is 0 Å². The van der Waals surface area contributed by atoms with Crippen LogP contribution in [0.15, 0.2) is 34.9 Å². The number of methoxy groups -OCH3 is 1. The summed E-state index contributed by atoms with van der Waals surface area (Å²) in [7, 11) is -18.2. The number of nitrogens with zero attached hydrogens (tertiary/aromatic N) is 11. The molecule has 0 radical (unpaired) electrons. The van der Waals surface area contributed by atoms with Gasteiger partial charge in [0.15, 0.2) is 41.4 Å². The minimum absolute atomic E-state index is 0.00338. The highest BCUT2D eigenvalue weighted by Gasteiger charge is 2.54. The number of hydrogen-bond donors (Lipinski definition) is 13. The number of nitrogens with two attached hydrogens (primary N) is 3. The summed E-state index contributed by atoms with van der Waals surface area (Å²) in [6, 6.07) is -0.637. The Labute approximate surface area is 450 Å². The van der Waals surface area contributed by atoms with Gasteiger partial charge in [-0.2, -0.15) is 13.6 Å². The number of phosphoric acid groups is 4. The Bertz CT molecular complexity index is 3680. The molecular formula is C36H52N17O24P4+. The Morgan fingerprint density at radius 1 is 0.741 bits per heavy atom. The SMILES string of the molecule is CO[C@@H]1[C@H](OP(=O)(O)OC[C@H]2O[C@@H](n3cnc4c(=O)[nH]c(N)nc43)[C@H](O)[C@@H]2O)C(COP(=O)(O)OP(=O)(O)OP(=O)(O)OC[C@H]2O[C@@H]([n+]3cn(C)c4c(=O)[nH]c(N)nc43)[C@H](O)[C@@H]2CNC(=O)N(C)C)O[C@H]1n1cnc2c(N)ncnc21. The Morgan fingerprint density at radius 3 is 2.00 bits per heavy atom. The van der Waals surface area contributed by atoms with Gasteiger partial charge in [0.25, 0.3) is 17.1 Å². The number of carbonyl (C=O) groups excluding carboxylic acids is 1. The van der Waals surface area contributed by atoms with Gasteiger partial charge in [0.2, 0.25) is 17.7 Å². The van der Waals surface area contributed by atoms with E-state index in [4.69, 9.17) is 54.2 Å². The number of aliphatic hydroxyl groups is 3. The van der Waals surface area contributed by atoms with Gasteiger partial charge in [-0.1, -0.05) is 4.98 Å². The summed E-state index contributed by atoms with van der Waals surface area (Å²) in [4.78, 5) is 110. The first-order chi connectivity index (χ1) is 38.0. The number of nitrogens with one attached hydrogen (secondary N) is 3. The minimum Gasteiger partial charge on any atom is -0.387 e. The first kappa shape index (κ1) is 59.8. The second-order valence-electron chi connectivity index (χ2n) is 18.2. The van der Waals surface area contributed by atoms with Crippen LogP contribution in [-0.2, 0) is 71.0 Å². The number of hydrogen-bond acceptors (Lipinski definition) is 29. The van der Waals surface area contributed by atoms with Crippen molar-refractivity contribution in [2.24, 2.45) is 13.0 Å². The van der Waals surface area contributed by atoms with Gasteiger partial charge in [-0.3, -0.25) is 51.4 Å². The number of phosphoric ester groups is 3. The summed E-state index contributed by atoms with van der Waals surface area (Å²) in [5.41, 5.74) is 15.6. The van der Waals surface area contributed by atoms with Crippen molar-refractivity contribution in [1.29, 1.82) is 0 Å². The maximum Gasteiger partial charge on any atom is 0.490 e. The monoisotopic (exact) mass is 1230 g/mol. The molecule has 5 unspecified atom stereocenters. The van der Waals surface area contributed by atoms with Crippen molar-refractivity contribution >= 4 is 88.5 Å². The smallest absolute Gasteiger partial charge is 0.387 e. The zero-order chi connectivity index (χ0) is 58.8. The third kappa shape index (κ3) is 12.4. The van der Waals surface area contributed by atoms with Crippen LogP contribution in [0.2, 0.25) is 0 Å². The van der Waals surface area contributed by atoms with E-state index in [-0.39, 0.29) is 57.8 Å². The lowest BCUT2D eigenvalue weighted by molar-refractivity contribution is -0.745. The number of ether oxygens (including phenoxy) is 4. The van der Waals surface area contributed by atoms with Gasteiger partial charge in [0.1, 0.15) is 54.6 Å². The topological polar surface area (TPSA) is 574 Å². The highest BCUT2D eigenvalue weighted by molar-refractivity contribution is 7.66. The van der Waals surface area contributed by atoms with E-state index < -0.39 is 142 Å². The van der Waals surface area contributed by atoms with Crippen LogP contribution in [0.5, 0.6) is 0 Å². The lowest BCUT2D eigenvalue weighted by Crippen LogP contribution is -2.47. The van der Waals surface area contributed by atoms with Crippen molar-refractivity contribution < 1.29 is 108 Å². The molecule has 0 aliphatic carbocycles. The summed E-state index contributed by atoms with van der Waals surface area (Å²) in [5.74, 6) is -1.91.